The van der Waals surface area contributed by atoms with Gasteiger partial charge in [0, 0.05) is 24.5 Å². The van der Waals surface area contributed by atoms with Crippen LogP contribution < -0.4 is 4.74 Å². The van der Waals surface area contributed by atoms with Crippen LogP contribution in [0, 0.1) is 36.0 Å². The Kier molecular flexibility index (Phi) is 4.97. The highest BCUT2D eigenvalue weighted by Crippen LogP contribution is 2.36. The Hall–Kier alpha value is -3.17. The van der Waals surface area contributed by atoms with E-state index in [1.54, 1.807) is 6.92 Å². The van der Waals surface area contributed by atoms with Gasteiger partial charge in [-0.25, -0.2) is 31.9 Å². The summed E-state index contributed by atoms with van der Waals surface area (Å²) in [7, 11) is 0. The molecule has 0 aliphatic heterocycles. The Morgan fingerprint density at radius 2 is 1.39 bits per heavy atom. The first-order valence-electron chi connectivity index (χ1n) is 7.59. The Balaban J connectivity index is 1.98. The van der Waals surface area contributed by atoms with Gasteiger partial charge in [-0.15, -0.1) is 0 Å². The number of alkyl halides is 2. The smallest absolute Gasteiger partial charge is 0.429 e. The zero-order valence-electron chi connectivity index (χ0n) is 13.9. The third-order valence-electron chi connectivity index (χ3n) is 3.62. The average Bonchev–Trinajstić information content (AvgIpc) is 2.62. The normalized spacial score (nSPS) is 11.6. The van der Waals surface area contributed by atoms with Gasteiger partial charge in [0.05, 0.1) is 5.56 Å². The van der Waals surface area contributed by atoms with Crippen LogP contribution in [0.4, 0.5) is 30.7 Å². The Morgan fingerprint density at radius 1 is 0.821 bits per heavy atom. The van der Waals surface area contributed by atoms with Crippen LogP contribution in [0.2, 0.25) is 0 Å². The van der Waals surface area contributed by atoms with Gasteiger partial charge in [0.25, 0.3) is 0 Å². The van der Waals surface area contributed by atoms with Crippen LogP contribution >= 0.6 is 0 Å². The predicted molar refractivity (Wildman–Crippen MR) is 83.0 cm³/mol. The van der Waals surface area contributed by atoms with Crippen molar-refractivity contribution in [3.05, 3.63) is 76.9 Å². The first-order chi connectivity index (χ1) is 13.1. The van der Waals surface area contributed by atoms with Crippen LogP contribution in [0.25, 0.3) is 11.4 Å². The van der Waals surface area contributed by atoms with Crippen LogP contribution in [0.1, 0.15) is 11.1 Å². The molecule has 0 fully saturated rings. The van der Waals surface area contributed by atoms with E-state index in [0.29, 0.717) is 11.6 Å². The summed E-state index contributed by atoms with van der Waals surface area (Å²) in [5.74, 6) is -10.5. The zero-order valence-corrected chi connectivity index (χ0v) is 13.9. The second kappa shape index (κ2) is 7.10. The molecule has 0 aliphatic rings. The standard InChI is InChI=1S/C18H9F7N2O/c1-8-6-26-17(27-7-8)10-2-3-11(15(22)14(10)21)18(24,25)28-9-4-12(19)16(23)13(20)5-9/h2-7H,1H3. The van der Waals surface area contributed by atoms with E-state index in [0.717, 1.165) is 6.07 Å². The summed E-state index contributed by atoms with van der Waals surface area (Å²) in [6.07, 6.45) is -1.87. The van der Waals surface area contributed by atoms with Crippen LogP contribution in [-0.4, -0.2) is 9.97 Å². The van der Waals surface area contributed by atoms with E-state index in [1.807, 2.05) is 0 Å². The number of hydrogen-bond acceptors (Lipinski definition) is 3. The molecular weight excluding hydrogens is 393 g/mol. The van der Waals surface area contributed by atoms with Gasteiger partial charge < -0.3 is 4.74 Å². The summed E-state index contributed by atoms with van der Waals surface area (Å²) in [5.41, 5.74) is -1.37. The minimum absolute atomic E-state index is 0.148. The quantitative estimate of drug-likeness (QED) is 0.440. The molecule has 0 N–H and O–H groups in total. The number of nitrogens with zero attached hydrogens (tertiary/aromatic N) is 2. The molecule has 3 rings (SSSR count). The second-order valence-corrected chi connectivity index (χ2v) is 5.69. The summed E-state index contributed by atoms with van der Waals surface area (Å²) >= 11 is 0. The molecular formula is C18H9F7N2O. The topological polar surface area (TPSA) is 35.0 Å². The van der Waals surface area contributed by atoms with Crippen LogP contribution in [-0.2, 0) is 6.11 Å². The Labute approximate surface area is 153 Å². The minimum Gasteiger partial charge on any atom is -0.429 e. The fraction of sp³-hybridized carbons (Fsp3) is 0.111. The summed E-state index contributed by atoms with van der Waals surface area (Å²) in [6, 6.07) is 1.62. The number of benzene rings is 2. The van der Waals surface area contributed by atoms with Crippen molar-refractivity contribution < 1.29 is 35.5 Å². The molecule has 28 heavy (non-hydrogen) atoms. The lowest BCUT2D eigenvalue weighted by Gasteiger charge is -2.19. The first-order valence-corrected chi connectivity index (χ1v) is 7.59. The molecule has 1 aromatic heterocycles. The molecule has 0 aliphatic carbocycles. The molecule has 3 aromatic rings. The number of ether oxygens (including phenoxy) is 1. The third kappa shape index (κ3) is 3.62. The summed E-state index contributed by atoms with van der Waals surface area (Å²) in [4.78, 5) is 7.56. The lowest BCUT2D eigenvalue weighted by atomic mass is 10.1. The van der Waals surface area contributed by atoms with Gasteiger partial charge in [0.1, 0.15) is 11.3 Å². The molecule has 0 saturated heterocycles. The Bertz CT molecular complexity index is 1020. The van der Waals surface area contributed by atoms with Gasteiger partial charge in [-0.05, 0) is 24.6 Å². The maximum absolute atomic E-state index is 14.3. The lowest BCUT2D eigenvalue weighted by Crippen LogP contribution is -2.24. The van der Waals surface area contributed by atoms with E-state index in [2.05, 4.69) is 14.7 Å². The predicted octanol–water partition coefficient (Wildman–Crippen LogP) is 5.28. The lowest BCUT2D eigenvalue weighted by molar-refractivity contribution is -0.187. The highest BCUT2D eigenvalue weighted by Gasteiger charge is 2.40. The molecule has 0 unspecified atom stereocenters. The monoisotopic (exact) mass is 402 g/mol. The summed E-state index contributed by atoms with van der Waals surface area (Å²) in [6.45, 7) is 1.66. The van der Waals surface area contributed by atoms with E-state index >= 15 is 0 Å². The van der Waals surface area contributed by atoms with E-state index in [9.17, 15) is 30.7 Å². The van der Waals surface area contributed by atoms with Gasteiger partial charge >= 0.3 is 6.11 Å². The molecule has 2 aromatic carbocycles. The van der Waals surface area contributed by atoms with Gasteiger partial charge in [0.2, 0.25) is 0 Å². The fourth-order valence-electron chi connectivity index (χ4n) is 2.27. The molecule has 3 nitrogen and oxygen atoms in total. The van der Waals surface area contributed by atoms with Crippen LogP contribution in [0.3, 0.4) is 0 Å². The number of halogens is 7. The Morgan fingerprint density at radius 3 is 1.96 bits per heavy atom. The van der Waals surface area contributed by atoms with Gasteiger partial charge in [-0.3, -0.25) is 0 Å². The number of hydrogen-bond donors (Lipinski definition) is 0. The maximum Gasteiger partial charge on any atom is 0.429 e. The zero-order chi connectivity index (χ0) is 20.6. The molecule has 0 atom stereocenters. The van der Waals surface area contributed by atoms with Crippen molar-refractivity contribution in [1.29, 1.82) is 0 Å². The van der Waals surface area contributed by atoms with E-state index < -0.39 is 52.1 Å². The average molecular weight is 402 g/mol. The van der Waals surface area contributed by atoms with Crippen molar-refractivity contribution in [2.24, 2.45) is 0 Å². The molecule has 10 heteroatoms. The highest BCUT2D eigenvalue weighted by molar-refractivity contribution is 5.57. The van der Waals surface area contributed by atoms with Crippen LogP contribution in [0.5, 0.6) is 5.75 Å². The third-order valence-corrected chi connectivity index (χ3v) is 3.62. The van der Waals surface area contributed by atoms with Crippen LogP contribution in [0.15, 0.2) is 36.7 Å². The molecule has 1 heterocycles. The van der Waals surface area contributed by atoms with Crippen molar-refractivity contribution in [2.75, 3.05) is 0 Å². The molecule has 146 valence electrons. The van der Waals surface area contributed by atoms with Gasteiger partial charge in [-0.2, -0.15) is 8.78 Å². The second-order valence-electron chi connectivity index (χ2n) is 5.69. The molecule has 0 saturated carbocycles. The van der Waals surface area contributed by atoms with Crippen molar-refractivity contribution in [2.45, 2.75) is 13.0 Å². The van der Waals surface area contributed by atoms with Gasteiger partial charge in [0.15, 0.2) is 34.9 Å². The largest absolute Gasteiger partial charge is 0.429 e. The van der Waals surface area contributed by atoms with Gasteiger partial charge in [-0.1, -0.05) is 0 Å². The molecule has 0 bridgehead atoms. The summed E-state index contributed by atoms with van der Waals surface area (Å²) in [5, 5.41) is 0. The van der Waals surface area contributed by atoms with Crippen molar-refractivity contribution in [1.82, 2.24) is 9.97 Å². The number of rotatable bonds is 4. The van der Waals surface area contributed by atoms with E-state index in [4.69, 9.17) is 0 Å². The molecule has 0 spiro atoms. The van der Waals surface area contributed by atoms with Crippen molar-refractivity contribution in [3.63, 3.8) is 0 Å². The van der Waals surface area contributed by atoms with E-state index in [1.165, 1.54) is 12.4 Å². The van der Waals surface area contributed by atoms with Crippen molar-refractivity contribution >= 4 is 0 Å². The maximum atomic E-state index is 14.3. The SMILES string of the molecule is Cc1cnc(-c2ccc(C(F)(F)Oc3cc(F)c(F)c(F)c3)c(F)c2F)nc1. The minimum atomic E-state index is -4.52. The number of aromatic nitrogens is 2. The molecule has 0 amide bonds. The highest BCUT2D eigenvalue weighted by atomic mass is 19.3. The summed E-state index contributed by atoms with van der Waals surface area (Å²) < 4.78 is 100. The fourth-order valence-corrected chi connectivity index (χ4v) is 2.27. The van der Waals surface area contributed by atoms with E-state index in [-0.39, 0.29) is 18.0 Å². The number of aryl methyl sites for hydroxylation is 1. The van der Waals surface area contributed by atoms with Crippen molar-refractivity contribution in [3.8, 4) is 17.1 Å². The first kappa shape index (κ1) is 19.6. The molecule has 0 radical (unpaired) electrons.